The molecule has 0 atom stereocenters. The predicted octanol–water partition coefficient (Wildman–Crippen LogP) is 1.01. The molecule has 0 saturated carbocycles. The van der Waals surface area contributed by atoms with Crippen LogP contribution < -0.4 is 5.73 Å². The second kappa shape index (κ2) is 2.31. The van der Waals surface area contributed by atoms with Gasteiger partial charge in [-0.15, -0.1) is 0 Å². The molecule has 0 unspecified atom stereocenters. The van der Waals surface area contributed by atoms with Crippen LogP contribution in [0.5, 0.6) is 0 Å². The molecule has 2 nitrogen and oxygen atoms in total. The van der Waals surface area contributed by atoms with E-state index in [-0.39, 0.29) is 0 Å². The minimum Gasteiger partial charge on any atom is -0.399 e. The maximum atomic E-state index is 5.38. The number of nitrogens with two attached hydrogens (primary N) is 1. The van der Waals surface area contributed by atoms with E-state index in [4.69, 9.17) is 5.73 Å². The summed E-state index contributed by atoms with van der Waals surface area (Å²) in [5.74, 6) is 0. The molecular weight excluding hydrogens is 112 g/mol. The molecule has 0 aromatic carbocycles. The molecule has 0 aliphatic carbocycles. The normalized spacial score (nSPS) is 8.89. The van der Waals surface area contributed by atoms with Crippen LogP contribution in [0, 0.1) is 0 Å². The Morgan fingerprint density at radius 3 is 2.78 bits per heavy atom. The highest BCUT2D eigenvalue weighted by atomic mass is 14.6. The lowest BCUT2D eigenvalue weighted by Crippen LogP contribution is -1.93. The Morgan fingerprint density at radius 1 is 1.67 bits per heavy atom. The van der Waals surface area contributed by atoms with Crippen molar-refractivity contribution in [3.63, 3.8) is 0 Å². The predicted molar refractivity (Wildman–Crippen MR) is 37.5 cm³/mol. The third-order valence-corrected chi connectivity index (χ3v) is 1.03. The second-order valence-electron chi connectivity index (χ2n) is 1.77. The quantitative estimate of drug-likeness (QED) is 0.600. The number of aromatic nitrogens is 1. The minimum absolute atomic E-state index is 0.558. The van der Waals surface area contributed by atoms with Gasteiger partial charge in [0, 0.05) is 23.7 Å². The van der Waals surface area contributed by atoms with E-state index >= 15 is 0 Å². The Hall–Kier alpha value is -1.31. The zero-order chi connectivity index (χ0) is 6.69. The first-order chi connectivity index (χ1) is 4.30. The SMILES string of the molecule is C=C(N)c1cccnc1. The Morgan fingerprint density at radius 2 is 2.44 bits per heavy atom. The van der Waals surface area contributed by atoms with E-state index in [1.165, 1.54) is 0 Å². The van der Waals surface area contributed by atoms with Crippen LogP contribution in [0.3, 0.4) is 0 Å². The molecule has 1 aromatic rings. The van der Waals surface area contributed by atoms with Crippen LogP contribution in [-0.2, 0) is 0 Å². The molecular formula is C7H8N2. The average Bonchev–Trinajstić information content (AvgIpc) is 1.90. The summed E-state index contributed by atoms with van der Waals surface area (Å²) in [4.78, 5) is 3.87. The number of rotatable bonds is 1. The Bertz CT molecular complexity index is 203. The van der Waals surface area contributed by atoms with Crippen molar-refractivity contribution in [2.24, 2.45) is 5.73 Å². The average molecular weight is 120 g/mol. The molecule has 1 aromatic heterocycles. The highest BCUT2D eigenvalue weighted by Gasteiger charge is 1.88. The second-order valence-corrected chi connectivity index (χ2v) is 1.77. The van der Waals surface area contributed by atoms with Crippen LogP contribution in [0.15, 0.2) is 31.1 Å². The molecule has 1 rings (SSSR count). The molecule has 0 fully saturated rings. The Labute approximate surface area is 54.0 Å². The van der Waals surface area contributed by atoms with Crippen molar-refractivity contribution in [2.75, 3.05) is 0 Å². The maximum Gasteiger partial charge on any atom is 0.0360 e. The lowest BCUT2D eigenvalue weighted by molar-refractivity contribution is 1.30. The van der Waals surface area contributed by atoms with Crippen LogP contribution in [0.1, 0.15) is 5.56 Å². The van der Waals surface area contributed by atoms with Crippen molar-refractivity contribution in [1.82, 2.24) is 4.98 Å². The van der Waals surface area contributed by atoms with Gasteiger partial charge in [-0.1, -0.05) is 6.58 Å². The summed E-state index contributed by atoms with van der Waals surface area (Å²) in [5.41, 5.74) is 6.82. The van der Waals surface area contributed by atoms with E-state index in [1.807, 2.05) is 12.1 Å². The van der Waals surface area contributed by atoms with Gasteiger partial charge in [0.1, 0.15) is 0 Å². The molecule has 0 radical (unpaired) electrons. The first kappa shape index (κ1) is 5.82. The van der Waals surface area contributed by atoms with Gasteiger partial charge in [-0.25, -0.2) is 0 Å². The van der Waals surface area contributed by atoms with Gasteiger partial charge >= 0.3 is 0 Å². The van der Waals surface area contributed by atoms with Gasteiger partial charge in [-0.05, 0) is 12.1 Å². The molecule has 46 valence electrons. The largest absolute Gasteiger partial charge is 0.399 e. The fourth-order valence-electron chi connectivity index (χ4n) is 0.553. The molecule has 9 heavy (non-hydrogen) atoms. The third-order valence-electron chi connectivity index (χ3n) is 1.03. The van der Waals surface area contributed by atoms with Crippen LogP contribution in [0.2, 0.25) is 0 Å². The summed E-state index contributed by atoms with van der Waals surface area (Å²) in [6, 6.07) is 3.70. The fraction of sp³-hybridized carbons (Fsp3) is 0. The first-order valence-electron chi connectivity index (χ1n) is 2.65. The lowest BCUT2D eigenvalue weighted by Gasteiger charge is -1.94. The third kappa shape index (κ3) is 1.29. The van der Waals surface area contributed by atoms with Crippen molar-refractivity contribution < 1.29 is 0 Å². The standard InChI is InChI=1S/C7H8N2/c1-6(8)7-3-2-4-9-5-7/h2-5H,1,8H2. The van der Waals surface area contributed by atoms with E-state index in [2.05, 4.69) is 11.6 Å². The minimum atomic E-state index is 0.558. The smallest absolute Gasteiger partial charge is 0.0360 e. The monoisotopic (exact) mass is 120 g/mol. The molecule has 0 bridgehead atoms. The van der Waals surface area contributed by atoms with Gasteiger partial charge in [-0.3, -0.25) is 4.98 Å². The van der Waals surface area contributed by atoms with E-state index in [1.54, 1.807) is 12.4 Å². The van der Waals surface area contributed by atoms with Crippen molar-refractivity contribution in [1.29, 1.82) is 0 Å². The molecule has 2 N–H and O–H groups in total. The summed E-state index contributed by atoms with van der Waals surface area (Å²) in [5, 5.41) is 0. The van der Waals surface area contributed by atoms with Gasteiger partial charge in [0.15, 0.2) is 0 Å². The Kier molecular flexibility index (Phi) is 1.49. The highest BCUT2D eigenvalue weighted by molar-refractivity contribution is 5.58. The molecule has 0 amide bonds. The van der Waals surface area contributed by atoms with E-state index in [0.717, 1.165) is 5.56 Å². The van der Waals surface area contributed by atoms with Crippen molar-refractivity contribution in [2.45, 2.75) is 0 Å². The zero-order valence-electron chi connectivity index (χ0n) is 5.04. The molecule has 2 heteroatoms. The van der Waals surface area contributed by atoms with Crippen LogP contribution in [0.4, 0.5) is 0 Å². The van der Waals surface area contributed by atoms with Gasteiger partial charge < -0.3 is 5.73 Å². The fourth-order valence-corrected chi connectivity index (χ4v) is 0.553. The van der Waals surface area contributed by atoms with E-state index in [0.29, 0.717) is 5.70 Å². The van der Waals surface area contributed by atoms with Crippen molar-refractivity contribution in [3.8, 4) is 0 Å². The maximum absolute atomic E-state index is 5.38. The lowest BCUT2D eigenvalue weighted by atomic mass is 10.2. The number of pyridine rings is 1. The molecule has 1 heterocycles. The van der Waals surface area contributed by atoms with Crippen LogP contribution in [0.25, 0.3) is 5.70 Å². The van der Waals surface area contributed by atoms with Crippen LogP contribution in [-0.4, -0.2) is 4.98 Å². The summed E-state index contributed by atoms with van der Waals surface area (Å²) < 4.78 is 0. The first-order valence-corrected chi connectivity index (χ1v) is 2.65. The number of hydrogen-bond acceptors (Lipinski definition) is 2. The summed E-state index contributed by atoms with van der Waals surface area (Å²) in [6.45, 7) is 3.56. The summed E-state index contributed by atoms with van der Waals surface area (Å²) in [6.07, 6.45) is 3.38. The van der Waals surface area contributed by atoms with Gasteiger partial charge in [-0.2, -0.15) is 0 Å². The highest BCUT2D eigenvalue weighted by Crippen LogP contribution is 2.01. The molecule has 0 spiro atoms. The molecule has 0 aliphatic rings. The topological polar surface area (TPSA) is 38.9 Å². The van der Waals surface area contributed by atoms with Crippen molar-refractivity contribution in [3.05, 3.63) is 36.7 Å². The Balaban J connectivity index is 2.98. The zero-order valence-corrected chi connectivity index (χ0v) is 5.04. The molecule has 0 aliphatic heterocycles. The van der Waals surface area contributed by atoms with Gasteiger partial charge in [0.2, 0.25) is 0 Å². The van der Waals surface area contributed by atoms with Crippen LogP contribution >= 0.6 is 0 Å². The van der Waals surface area contributed by atoms with E-state index in [9.17, 15) is 0 Å². The van der Waals surface area contributed by atoms with Crippen molar-refractivity contribution >= 4 is 5.70 Å². The summed E-state index contributed by atoms with van der Waals surface area (Å²) in [7, 11) is 0. The number of nitrogens with zero attached hydrogens (tertiary/aromatic N) is 1. The van der Waals surface area contributed by atoms with Gasteiger partial charge in [0.05, 0.1) is 0 Å². The van der Waals surface area contributed by atoms with E-state index < -0.39 is 0 Å². The molecule has 0 saturated heterocycles. The van der Waals surface area contributed by atoms with Gasteiger partial charge in [0.25, 0.3) is 0 Å². The summed E-state index contributed by atoms with van der Waals surface area (Å²) >= 11 is 0. The number of hydrogen-bond donors (Lipinski definition) is 1.